The van der Waals surface area contributed by atoms with Gasteiger partial charge in [-0.1, -0.05) is 42.5 Å². The molecule has 0 unspecified atom stereocenters. The number of carboxylic acid groups (broad SMARTS) is 1. The van der Waals surface area contributed by atoms with Crippen molar-refractivity contribution in [3.8, 4) is 5.75 Å². The van der Waals surface area contributed by atoms with Crippen LogP contribution in [0, 0.1) is 0 Å². The van der Waals surface area contributed by atoms with Crippen LogP contribution in [0.25, 0.3) is 0 Å². The molecule has 1 aliphatic rings. The Labute approximate surface area is 155 Å². The Hall–Kier alpha value is -3.39. The minimum atomic E-state index is -1.40. The number of carbonyl (C=O) groups is 3. The Balaban J connectivity index is 1.67. The first-order valence-corrected chi connectivity index (χ1v) is 8.23. The van der Waals surface area contributed by atoms with E-state index in [1.54, 1.807) is 42.5 Å². The Bertz CT molecular complexity index is 912. The first kappa shape index (κ1) is 18.4. The summed E-state index contributed by atoms with van der Waals surface area (Å²) >= 11 is 0. The molecule has 0 aromatic heterocycles. The summed E-state index contributed by atoms with van der Waals surface area (Å²) in [7, 11) is -1.40. The third kappa shape index (κ3) is 4.24. The number of fused-ring (bicyclic) bond motifs is 1. The summed E-state index contributed by atoms with van der Waals surface area (Å²) in [5.41, 5.74) is 0.970. The lowest BCUT2D eigenvalue weighted by Crippen LogP contribution is -2.52. The van der Waals surface area contributed by atoms with Crippen LogP contribution in [0.15, 0.2) is 60.7 Å². The van der Waals surface area contributed by atoms with Crippen molar-refractivity contribution in [2.24, 2.45) is 0 Å². The third-order valence-corrected chi connectivity index (χ3v) is 4.12. The number of aromatic carboxylic acids is 1. The van der Waals surface area contributed by atoms with Gasteiger partial charge in [-0.2, -0.15) is 0 Å². The van der Waals surface area contributed by atoms with E-state index in [1.807, 2.05) is 0 Å². The van der Waals surface area contributed by atoms with Crippen molar-refractivity contribution < 1.29 is 29.2 Å². The van der Waals surface area contributed by atoms with Crippen LogP contribution in [0.1, 0.15) is 26.3 Å². The molecule has 0 spiro atoms. The van der Waals surface area contributed by atoms with E-state index >= 15 is 0 Å². The summed E-state index contributed by atoms with van der Waals surface area (Å²) < 4.78 is 5.30. The van der Waals surface area contributed by atoms with Gasteiger partial charge in [0.25, 0.3) is 0 Å². The quantitative estimate of drug-likeness (QED) is 0.418. The van der Waals surface area contributed by atoms with Crippen LogP contribution in [0.4, 0.5) is 0 Å². The van der Waals surface area contributed by atoms with Crippen LogP contribution in [-0.2, 0) is 11.2 Å². The van der Waals surface area contributed by atoms with Crippen LogP contribution in [0.5, 0.6) is 5.75 Å². The molecule has 8 heteroatoms. The molecule has 136 valence electrons. The van der Waals surface area contributed by atoms with Crippen LogP contribution in [0.2, 0.25) is 0 Å². The van der Waals surface area contributed by atoms with Gasteiger partial charge in [0.05, 0.1) is 11.5 Å². The van der Waals surface area contributed by atoms with Crippen molar-refractivity contribution in [3.05, 3.63) is 77.4 Å². The van der Waals surface area contributed by atoms with E-state index in [9.17, 15) is 24.5 Å². The zero-order valence-electron chi connectivity index (χ0n) is 14.2. The van der Waals surface area contributed by atoms with E-state index in [4.69, 9.17) is 4.65 Å². The predicted octanol–water partition coefficient (Wildman–Crippen LogP) is 1.26. The lowest BCUT2D eigenvalue weighted by atomic mass is 9.72. The Kier molecular flexibility index (Phi) is 5.37. The van der Waals surface area contributed by atoms with E-state index in [1.165, 1.54) is 6.07 Å². The highest BCUT2D eigenvalue weighted by atomic mass is 16.5. The average molecular weight is 365 g/mol. The number of rotatable bonds is 5. The zero-order valence-corrected chi connectivity index (χ0v) is 14.2. The molecule has 27 heavy (non-hydrogen) atoms. The molecule has 1 atom stereocenters. The van der Waals surface area contributed by atoms with Gasteiger partial charge in [0, 0.05) is 11.6 Å². The van der Waals surface area contributed by atoms with E-state index in [0.717, 1.165) is 12.2 Å². The van der Waals surface area contributed by atoms with E-state index in [2.05, 4.69) is 5.32 Å². The summed E-state index contributed by atoms with van der Waals surface area (Å²) in [6.45, 7) is 0. The first-order valence-electron chi connectivity index (χ1n) is 8.23. The number of hydrogen-bond acceptors (Lipinski definition) is 5. The van der Waals surface area contributed by atoms with Crippen molar-refractivity contribution in [1.29, 1.82) is 0 Å². The predicted molar refractivity (Wildman–Crippen MR) is 97.5 cm³/mol. The summed E-state index contributed by atoms with van der Waals surface area (Å²) in [5, 5.41) is 21.9. The second-order valence-electron chi connectivity index (χ2n) is 5.99. The number of carbonyl (C=O) groups excluding carboxylic acids is 2. The van der Waals surface area contributed by atoms with Crippen LogP contribution in [0.3, 0.4) is 0 Å². The maximum Gasteiger partial charge on any atom is 0.547 e. The molecule has 0 aliphatic carbocycles. The SMILES string of the molecule is O=C(/C=C/C(=O)c1ccccc1)N[C@H]1Cc2cccc(C(=O)O)c2OB1O. The lowest BCUT2D eigenvalue weighted by Gasteiger charge is -2.28. The van der Waals surface area contributed by atoms with E-state index in [0.29, 0.717) is 11.1 Å². The molecule has 0 radical (unpaired) electrons. The monoisotopic (exact) mass is 365 g/mol. The summed E-state index contributed by atoms with van der Waals surface area (Å²) in [6.07, 6.45) is 2.44. The second-order valence-corrected chi connectivity index (χ2v) is 5.99. The highest BCUT2D eigenvalue weighted by Gasteiger charge is 2.37. The molecule has 3 rings (SSSR count). The van der Waals surface area contributed by atoms with Gasteiger partial charge in [-0.15, -0.1) is 0 Å². The molecule has 1 heterocycles. The van der Waals surface area contributed by atoms with Gasteiger partial charge < -0.3 is 20.1 Å². The fourth-order valence-corrected chi connectivity index (χ4v) is 2.80. The molecule has 7 nitrogen and oxygen atoms in total. The smallest absolute Gasteiger partial charge is 0.534 e. The maximum absolute atomic E-state index is 12.1. The molecule has 1 aliphatic heterocycles. The number of benzene rings is 2. The standard InChI is InChI=1S/C19H16BNO6/c22-15(12-5-2-1-3-6-12)9-10-17(23)21-16-11-13-7-4-8-14(19(24)25)18(13)27-20(16)26/h1-10,16,26H,11H2,(H,21,23)(H,24,25)/b10-9+/t16-/m0/s1. The van der Waals surface area contributed by atoms with Gasteiger partial charge in [0.2, 0.25) is 5.91 Å². The number of allylic oxidation sites excluding steroid dienone is 1. The number of carboxylic acids is 1. The van der Waals surface area contributed by atoms with Crippen molar-refractivity contribution in [2.45, 2.75) is 12.4 Å². The van der Waals surface area contributed by atoms with E-state index in [-0.39, 0.29) is 23.5 Å². The van der Waals surface area contributed by atoms with Gasteiger partial charge >= 0.3 is 13.1 Å². The highest BCUT2D eigenvalue weighted by molar-refractivity contribution is 6.47. The molecule has 2 aromatic carbocycles. The largest absolute Gasteiger partial charge is 0.547 e. The molecule has 2 aromatic rings. The fraction of sp³-hybridized carbons (Fsp3) is 0.105. The van der Waals surface area contributed by atoms with E-state index < -0.39 is 24.9 Å². The van der Waals surface area contributed by atoms with Crippen molar-refractivity contribution >= 4 is 24.8 Å². The van der Waals surface area contributed by atoms with Crippen molar-refractivity contribution in [1.82, 2.24) is 5.32 Å². The number of amides is 1. The molecule has 3 N–H and O–H groups in total. The van der Waals surface area contributed by atoms with Crippen molar-refractivity contribution in [3.63, 3.8) is 0 Å². The maximum atomic E-state index is 12.1. The van der Waals surface area contributed by atoms with Crippen molar-refractivity contribution in [2.75, 3.05) is 0 Å². The summed E-state index contributed by atoms with van der Waals surface area (Å²) in [4.78, 5) is 35.3. The van der Waals surface area contributed by atoms with Crippen LogP contribution in [-0.4, -0.2) is 40.8 Å². The third-order valence-electron chi connectivity index (χ3n) is 4.12. The van der Waals surface area contributed by atoms with Gasteiger partial charge in [-0.3, -0.25) is 9.59 Å². The van der Waals surface area contributed by atoms with Crippen LogP contribution >= 0.6 is 0 Å². The summed E-state index contributed by atoms with van der Waals surface area (Å²) in [5.74, 6) is -2.72. The molecule has 0 bridgehead atoms. The number of para-hydroxylation sites is 1. The minimum Gasteiger partial charge on any atom is -0.534 e. The molecular formula is C19H16BNO6. The first-order chi connectivity index (χ1) is 13.0. The lowest BCUT2D eigenvalue weighted by molar-refractivity contribution is -0.116. The average Bonchev–Trinajstić information content (AvgIpc) is 2.66. The second kappa shape index (κ2) is 7.88. The Morgan fingerprint density at radius 3 is 2.52 bits per heavy atom. The van der Waals surface area contributed by atoms with Crippen LogP contribution < -0.4 is 9.97 Å². The van der Waals surface area contributed by atoms with Gasteiger partial charge in [-0.05, 0) is 24.1 Å². The minimum absolute atomic E-state index is 0.0512. The Morgan fingerprint density at radius 1 is 1.07 bits per heavy atom. The highest BCUT2D eigenvalue weighted by Crippen LogP contribution is 2.30. The zero-order chi connectivity index (χ0) is 19.4. The number of ketones is 1. The molecular weight excluding hydrogens is 349 g/mol. The molecule has 0 fully saturated rings. The fourth-order valence-electron chi connectivity index (χ4n) is 2.80. The summed E-state index contributed by atoms with van der Waals surface area (Å²) in [6, 6.07) is 13.1. The normalized spacial score (nSPS) is 15.7. The number of nitrogens with one attached hydrogen (secondary N) is 1. The molecule has 1 amide bonds. The topological polar surface area (TPSA) is 113 Å². The molecule has 0 saturated carbocycles. The Morgan fingerprint density at radius 2 is 1.81 bits per heavy atom. The number of hydrogen-bond donors (Lipinski definition) is 3. The van der Waals surface area contributed by atoms with Gasteiger partial charge in [-0.25, -0.2) is 4.79 Å². The van der Waals surface area contributed by atoms with Gasteiger partial charge in [0.15, 0.2) is 5.78 Å². The molecule has 0 saturated heterocycles. The van der Waals surface area contributed by atoms with Gasteiger partial charge in [0.1, 0.15) is 5.75 Å².